The van der Waals surface area contributed by atoms with E-state index in [1.165, 1.54) is 18.2 Å². The Hall–Kier alpha value is -2.16. The van der Waals surface area contributed by atoms with Crippen LogP contribution in [0, 0.1) is 13.7 Å². The number of nitro groups is 1. The lowest BCUT2D eigenvalue weighted by Crippen LogP contribution is -2.13. The summed E-state index contributed by atoms with van der Waals surface area (Å²) in [7, 11) is 0. The summed E-state index contributed by atoms with van der Waals surface area (Å²) < 4.78 is 0.878. The van der Waals surface area contributed by atoms with Crippen LogP contribution in [0.25, 0.3) is 0 Å². The quantitative estimate of drug-likeness (QED) is 0.368. The first kappa shape index (κ1) is 14.3. The van der Waals surface area contributed by atoms with Crippen molar-refractivity contribution in [2.75, 3.05) is 11.1 Å². The van der Waals surface area contributed by atoms with Gasteiger partial charge in [-0.3, -0.25) is 14.9 Å². The molecule has 2 aromatic rings. The maximum atomic E-state index is 12.1. The molecule has 2 aromatic carbocycles. The highest BCUT2D eigenvalue weighted by molar-refractivity contribution is 14.1. The van der Waals surface area contributed by atoms with Crippen molar-refractivity contribution in [3.05, 3.63) is 61.7 Å². The number of nitro benzene ring substituents is 1. The van der Waals surface area contributed by atoms with Crippen LogP contribution in [0.1, 0.15) is 10.4 Å². The molecule has 0 aromatic heterocycles. The van der Waals surface area contributed by atoms with Gasteiger partial charge in [0.25, 0.3) is 11.6 Å². The number of carbonyl (C=O) groups is 1. The van der Waals surface area contributed by atoms with Crippen molar-refractivity contribution in [2.24, 2.45) is 0 Å². The van der Waals surface area contributed by atoms with Gasteiger partial charge in [0.15, 0.2) is 0 Å². The number of benzene rings is 2. The number of nitrogens with two attached hydrogens (primary N) is 1. The minimum absolute atomic E-state index is 0.0286. The molecule has 0 saturated heterocycles. The van der Waals surface area contributed by atoms with E-state index in [4.69, 9.17) is 5.73 Å². The third kappa shape index (κ3) is 3.05. The van der Waals surface area contributed by atoms with Crippen LogP contribution < -0.4 is 11.1 Å². The molecule has 1 amide bonds. The number of anilines is 2. The van der Waals surface area contributed by atoms with E-state index in [0.717, 1.165) is 3.57 Å². The molecule has 0 atom stereocenters. The second-order valence-corrected chi connectivity index (χ2v) is 5.13. The standard InChI is InChI=1S/C13H10IN3O3/c14-9-3-1-2-4-11(9)16-13(18)8-5-6-10(15)12(7-8)17(19)20/h1-7H,15H2,(H,16,18). The Balaban J connectivity index is 2.28. The smallest absolute Gasteiger partial charge is 0.292 e. The molecular formula is C13H10IN3O3. The predicted molar refractivity (Wildman–Crippen MR) is 84.6 cm³/mol. The van der Waals surface area contributed by atoms with Crippen LogP contribution in [0.2, 0.25) is 0 Å². The average Bonchev–Trinajstić information content (AvgIpc) is 2.41. The summed E-state index contributed by atoms with van der Waals surface area (Å²) in [4.78, 5) is 22.3. The molecule has 0 spiro atoms. The first-order chi connectivity index (χ1) is 9.49. The van der Waals surface area contributed by atoms with E-state index in [1.54, 1.807) is 12.1 Å². The summed E-state index contributed by atoms with van der Waals surface area (Å²) >= 11 is 2.09. The van der Waals surface area contributed by atoms with Gasteiger partial charge < -0.3 is 11.1 Å². The number of nitrogens with one attached hydrogen (secondary N) is 1. The summed E-state index contributed by atoms with van der Waals surface area (Å²) in [6.07, 6.45) is 0. The second-order valence-electron chi connectivity index (χ2n) is 3.96. The SMILES string of the molecule is Nc1ccc(C(=O)Nc2ccccc2I)cc1[N+](=O)[O-]. The van der Waals surface area contributed by atoms with Gasteiger partial charge in [-0.1, -0.05) is 12.1 Å². The molecule has 0 fully saturated rings. The molecule has 102 valence electrons. The maximum Gasteiger partial charge on any atom is 0.292 e. The summed E-state index contributed by atoms with van der Waals surface area (Å²) in [6.45, 7) is 0. The second kappa shape index (κ2) is 5.87. The monoisotopic (exact) mass is 383 g/mol. The molecule has 3 N–H and O–H groups in total. The Kier molecular flexibility index (Phi) is 4.18. The molecule has 0 radical (unpaired) electrons. The van der Waals surface area contributed by atoms with E-state index in [2.05, 4.69) is 27.9 Å². The number of nitrogen functional groups attached to an aromatic ring is 1. The van der Waals surface area contributed by atoms with Crippen molar-refractivity contribution < 1.29 is 9.72 Å². The van der Waals surface area contributed by atoms with Crippen LogP contribution in [-0.2, 0) is 0 Å². The molecule has 7 heteroatoms. The van der Waals surface area contributed by atoms with Crippen molar-refractivity contribution in [2.45, 2.75) is 0 Å². The number of amides is 1. The number of hydrogen-bond acceptors (Lipinski definition) is 4. The Bertz CT molecular complexity index is 688. The Morgan fingerprint density at radius 2 is 1.95 bits per heavy atom. The Labute approximate surface area is 128 Å². The zero-order valence-electron chi connectivity index (χ0n) is 10.2. The molecule has 6 nitrogen and oxygen atoms in total. The fraction of sp³-hybridized carbons (Fsp3) is 0. The van der Waals surface area contributed by atoms with Gasteiger partial charge in [0.2, 0.25) is 0 Å². The number of carbonyl (C=O) groups excluding carboxylic acids is 1. The minimum atomic E-state index is -0.613. The first-order valence-corrected chi connectivity index (χ1v) is 6.66. The van der Waals surface area contributed by atoms with Gasteiger partial charge in [-0.15, -0.1) is 0 Å². The number of rotatable bonds is 3. The van der Waals surface area contributed by atoms with Crippen LogP contribution in [-0.4, -0.2) is 10.8 Å². The molecule has 0 heterocycles. The summed E-state index contributed by atoms with van der Waals surface area (Å²) in [5, 5.41) is 13.5. The van der Waals surface area contributed by atoms with Crippen LogP contribution >= 0.6 is 22.6 Å². The predicted octanol–water partition coefficient (Wildman–Crippen LogP) is 3.03. The molecule has 0 aliphatic carbocycles. The zero-order chi connectivity index (χ0) is 14.7. The van der Waals surface area contributed by atoms with Crippen LogP contribution in [0.5, 0.6) is 0 Å². The average molecular weight is 383 g/mol. The third-order valence-corrected chi connectivity index (χ3v) is 3.55. The third-order valence-electron chi connectivity index (χ3n) is 2.61. The number of halogens is 1. The number of nitrogens with zero attached hydrogens (tertiary/aromatic N) is 1. The minimum Gasteiger partial charge on any atom is -0.393 e. The van der Waals surface area contributed by atoms with Crippen molar-refractivity contribution in [1.82, 2.24) is 0 Å². The summed E-state index contributed by atoms with van der Waals surface area (Å²) in [6, 6.07) is 11.2. The fourth-order valence-electron chi connectivity index (χ4n) is 1.60. The molecule has 0 aliphatic rings. The van der Waals surface area contributed by atoms with Crippen molar-refractivity contribution >= 4 is 45.6 Å². The van der Waals surface area contributed by atoms with E-state index in [1.807, 2.05) is 12.1 Å². The summed E-state index contributed by atoms with van der Waals surface area (Å²) in [5.74, 6) is -0.419. The Morgan fingerprint density at radius 1 is 1.25 bits per heavy atom. The molecule has 0 bridgehead atoms. The van der Waals surface area contributed by atoms with Crippen LogP contribution in [0.4, 0.5) is 17.1 Å². The topological polar surface area (TPSA) is 98.3 Å². The fourth-order valence-corrected chi connectivity index (χ4v) is 2.12. The van der Waals surface area contributed by atoms with Gasteiger partial charge in [-0.25, -0.2) is 0 Å². The van der Waals surface area contributed by atoms with Crippen LogP contribution in [0.3, 0.4) is 0 Å². The van der Waals surface area contributed by atoms with Gasteiger partial charge in [0.05, 0.1) is 10.6 Å². The lowest BCUT2D eigenvalue weighted by Gasteiger charge is -2.07. The van der Waals surface area contributed by atoms with E-state index < -0.39 is 10.8 Å². The number of para-hydroxylation sites is 1. The molecule has 0 aliphatic heterocycles. The van der Waals surface area contributed by atoms with E-state index in [9.17, 15) is 14.9 Å². The lowest BCUT2D eigenvalue weighted by atomic mass is 10.1. The molecule has 2 rings (SSSR count). The van der Waals surface area contributed by atoms with Gasteiger partial charge >= 0.3 is 0 Å². The van der Waals surface area contributed by atoms with Gasteiger partial charge in [-0.05, 0) is 46.9 Å². The number of hydrogen-bond donors (Lipinski definition) is 2. The van der Waals surface area contributed by atoms with Crippen molar-refractivity contribution in [1.29, 1.82) is 0 Å². The van der Waals surface area contributed by atoms with Gasteiger partial charge in [0, 0.05) is 15.2 Å². The highest BCUT2D eigenvalue weighted by Gasteiger charge is 2.16. The molecule has 0 saturated carbocycles. The van der Waals surface area contributed by atoms with E-state index >= 15 is 0 Å². The molecule has 20 heavy (non-hydrogen) atoms. The highest BCUT2D eigenvalue weighted by atomic mass is 127. The normalized spacial score (nSPS) is 10.1. The lowest BCUT2D eigenvalue weighted by molar-refractivity contribution is -0.383. The van der Waals surface area contributed by atoms with Gasteiger partial charge in [-0.2, -0.15) is 0 Å². The molecule has 0 unspecified atom stereocenters. The van der Waals surface area contributed by atoms with Gasteiger partial charge in [0.1, 0.15) is 5.69 Å². The maximum absolute atomic E-state index is 12.1. The Morgan fingerprint density at radius 3 is 2.60 bits per heavy atom. The van der Waals surface area contributed by atoms with E-state index in [0.29, 0.717) is 5.69 Å². The largest absolute Gasteiger partial charge is 0.393 e. The first-order valence-electron chi connectivity index (χ1n) is 5.59. The zero-order valence-corrected chi connectivity index (χ0v) is 12.3. The van der Waals surface area contributed by atoms with Crippen molar-refractivity contribution in [3.63, 3.8) is 0 Å². The summed E-state index contributed by atoms with van der Waals surface area (Å²) in [5.41, 5.74) is 6.08. The molecular weight excluding hydrogens is 373 g/mol. The van der Waals surface area contributed by atoms with E-state index in [-0.39, 0.29) is 16.9 Å². The van der Waals surface area contributed by atoms with Crippen molar-refractivity contribution in [3.8, 4) is 0 Å². The highest BCUT2D eigenvalue weighted by Crippen LogP contribution is 2.23. The van der Waals surface area contributed by atoms with Crippen LogP contribution in [0.15, 0.2) is 42.5 Å².